The normalized spacial score (nSPS) is 10.3. The molecule has 3 aromatic rings. The third-order valence-electron chi connectivity index (χ3n) is 3.11. The van der Waals surface area contributed by atoms with E-state index in [9.17, 15) is 4.79 Å². The number of para-hydroxylation sites is 1. The van der Waals surface area contributed by atoms with Gasteiger partial charge < -0.3 is 4.74 Å². The number of pyridine rings is 1. The van der Waals surface area contributed by atoms with E-state index in [4.69, 9.17) is 4.74 Å². The molecule has 0 saturated heterocycles. The van der Waals surface area contributed by atoms with E-state index in [2.05, 4.69) is 15.3 Å². The summed E-state index contributed by atoms with van der Waals surface area (Å²) < 4.78 is 5.62. The Kier molecular flexibility index (Phi) is 4.63. The second-order valence-electron chi connectivity index (χ2n) is 4.66. The Balaban J connectivity index is 1.80. The zero-order valence-corrected chi connectivity index (χ0v) is 13.3. The molecule has 0 unspecified atom stereocenters. The number of amides is 1. The van der Waals surface area contributed by atoms with Crippen LogP contribution in [0.1, 0.15) is 17.3 Å². The van der Waals surface area contributed by atoms with Gasteiger partial charge in [0.25, 0.3) is 5.91 Å². The zero-order valence-electron chi connectivity index (χ0n) is 12.5. The van der Waals surface area contributed by atoms with Gasteiger partial charge in [-0.25, -0.2) is 4.98 Å². The third-order valence-corrected chi connectivity index (χ3v) is 3.87. The van der Waals surface area contributed by atoms with E-state index in [1.54, 1.807) is 18.3 Å². The highest BCUT2D eigenvalue weighted by molar-refractivity contribution is 7.14. The summed E-state index contributed by atoms with van der Waals surface area (Å²) >= 11 is 1.38. The third kappa shape index (κ3) is 3.54. The fourth-order valence-electron chi connectivity index (χ4n) is 2.08. The number of rotatable bonds is 5. The van der Waals surface area contributed by atoms with Crippen molar-refractivity contribution in [1.82, 2.24) is 9.97 Å². The first kappa shape index (κ1) is 15.2. The fourth-order valence-corrected chi connectivity index (χ4v) is 2.79. The van der Waals surface area contributed by atoms with Gasteiger partial charge in [0.05, 0.1) is 17.9 Å². The highest BCUT2D eigenvalue weighted by Gasteiger charge is 2.12. The van der Waals surface area contributed by atoms with Gasteiger partial charge in [0.2, 0.25) is 0 Å². The van der Waals surface area contributed by atoms with E-state index in [-0.39, 0.29) is 5.91 Å². The van der Waals surface area contributed by atoms with E-state index >= 15 is 0 Å². The average Bonchev–Trinajstić information content (AvgIpc) is 3.05. The van der Waals surface area contributed by atoms with E-state index in [0.717, 1.165) is 17.0 Å². The number of carbonyl (C=O) groups excluding carboxylic acids is 1. The Bertz CT molecular complexity index is 802. The minimum Gasteiger partial charge on any atom is -0.493 e. The number of nitrogens with one attached hydrogen (secondary N) is 1. The molecule has 0 saturated carbocycles. The molecule has 6 heteroatoms. The maximum absolute atomic E-state index is 12.1. The minimum absolute atomic E-state index is 0.225. The maximum Gasteiger partial charge on any atom is 0.259 e. The van der Waals surface area contributed by atoms with Crippen LogP contribution < -0.4 is 10.1 Å². The summed E-state index contributed by atoms with van der Waals surface area (Å²) in [6.45, 7) is 2.53. The van der Waals surface area contributed by atoms with E-state index < -0.39 is 0 Å². The molecule has 3 rings (SSSR count). The molecule has 0 fully saturated rings. The number of hydrogen-bond acceptors (Lipinski definition) is 5. The second-order valence-corrected chi connectivity index (χ2v) is 5.52. The Morgan fingerprint density at radius 2 is 2.13 bits per heavy atom. The summed E-state index contributed by atoms with van der Waals surface area (Å²) in [4.78, 5) is 20.5. The van der Waals surface area contributed by atoms with Crippen molar-refractivity contribution in [3.63, 3.8) is 0 Å². The van der Waals surface area contributed by atoms with Gasteiger partial charge in [-0.1, -0.05) is 12.1 Å². The van der Waals surface area contributed by atoms with Crippen LogP contribution in [0.5, 0.6) is 5.75 Å². The summed E-state index contributed by atoms with van der Waals surface area (Å²) in [6, 6.07) is 11.2. The summed E-state index contributed by atoms with van der Waals surface area (Å²) in [5, 5.41) is 5.23. The first-order valence-corrected chi connectivity index (χ1v) is 8.05. The van der Waals surface area contributed by atoms with Crippen LogP contribution in [0, 0.1) is 0 Å². The number of aromatic nitrogens is 2. The molecule has 1 amide bonds. The largest absolute Gasteiger partial charge is 0.493 e. The molecular weight excluding hydrogens is 310 g/mol. The molecule has 0 radical (unpaired) electrons. The monoisotopic (exact) mass is 325 g/mol. The molecule has 23 heavy (non-hydrogen) atoms. The van der Waals surface area contributed by atoms with Gasteiger partial charge in [-0.05, 0) is 31.2 Å². The number of nitrogens with zero attached hydrogens (tertiary/aromatic N) is 2. The van der Waals surface area contributed by atoms with Crippen LogP contribution in [-0.2, 0) is 0 Å². The quantitative estimate of drug-likeness (QED) is 0.774. The Labute approximate surface area is 138 Å². The number of carbonyl (C=O) groups is 1. The molecule has 5 nitrogen and oxygen atoms in total. The maximum atomic E-state index is 12.1. The van der Waals surface area contributed by atoms with Crippen molar-refractivity contribution in [3.05, 3.63) is 59.7 Å². The number of benzene rings is 1. The van der Waals surface area contributed by atoms with Crippen molar-refractivity contribution in [2.75, 3.05) is 11.9 Å². The molecule has 2 aromatic heterocycles. The first-order chi connectivity index (χ1) is 11.3. The van der Waals surface area contributed by atoms with E-state index in [1.807, 2.05) is 36.6 Å². The fraction of sp³-hybridized carbons (Fsp3) is 0.118. The molecule has 0 aliphatic heterocycles. The second kappa shape index (κ2) is 7.02. The van der Waals surface area contributed by atoms with Gasteiger partial charge in [-0.3, -0.25) is 15.1 Å². The van der Waals surface area contributed by atoms with Crippen LogP contribution in [0.2, 0.25) is 0 Å². The van der Waals surface area contributed by atoms with Crippen molar-refractivity contribution in [1.29, 1.82) is 0 Å². The highest BCUT2D eigenvalue weighted by Crippen LogP contribution is 2.32. The number of thiazole rings is 1. The van der Waals surface area contributed by atoms with Crippen molar-refractivity contribution in [2.45, 2.75) is 6.92 Å². The van der Waals surface area contributed by atoms with Gasteiger partial charge in [0.15, 0.2) is 5.13 Å². The van der Waals surface area contributed by atoms with Crippen LogP contribution >= 0.6 is 11.3 Å². The summed E-state index contributed by atoms with van der Waals surface area (Å²) in [6.07, 6.45) is 3.15. The molecule has 1 aromatic carbocycles. The van der Waals surface area contributed by atoms with Crippen LogP contribution in [0.4, 0.5) is 5.13 Å². The Morgan fingerprint density at radius 3 is 2.91 bits per heavy atom. The van der Waals surface area contributed by atoms with Gasteiger partial charge in [-0.2, -0.15) is 0 Å². The number of hydrogen-bond donors (Lipinski definition) is 1. The Morgan fingerprint density at radius 1 is 1.26 bits per heavy atom. The van der Waals surface area contributed by atoms with E-state index in [0.29, 0.717) is 17.3 Å². The number of ether oxygens (including phenoxy) is 1. The smallest absolute Gasteiger partial charge is 0.259 e. The molecule has 0 bridgehead atoms. The molecule has 2 heterocycles. The Hall–Kier alpha value is -2.73. The SMILES string of the molecule is CCOc1ccccc1-c1csc(NC(=O)c2cccnc2)n1. The lowest BCUT2D eigenvalue weighted by atomic mass is 10.1. The molecule has 1 N–H and O–H groups in total. The molecule has 116 valence electrons. The van der Waals surface area contributed by atoms with Gasteiger partial charge in [0, 0.05) is 23.3 Å². The minimum atomic E-state index is -0.225. The van der Waals surface area contributed by atoms with Crippen molar-refractivity contribution >= 4 is 22.4 Å². The lowest BCUT2D eigenvalue weighted by Crippen LogP contribution is -2.11. The van der Waals surface area contributed by atoms with Crippen LogP contribution in [-0.4, -0.2) is 22.5 Å². The summed E-state index contributed by atoms with van der Waals surface area (Å²) in [5.74, 6) is 0.558. The van der Waals surface area contributed by atoms with Crippen molar-refractivity contribution in [2.24, 2.45) is 0 Å². The molecule has 0 aliphatic carbocycles. The molecule has 0 atom stereocenters. The molecular formula is C17H15N3O2S. The molecule has 0 aliphatic rings. The van der Waals surface area contributed by atoms with Crippen LogP contribution in [0.3, 0.4) is 0 Å². The topological polar surface area (TPSA) is 64.1 Å². The predicted molar refractivity (Wildman–Crippen MR) is 90.9 cm³/mol. The average molecular weight is 325 g/mol. The van der Waals surface area contributed by atoms with Gasteiger partial charge in [-0.15, -0.1) is 11.3 Å². The van der Waals surface area contributed by atoms with Crippen LogP contribution in [0.15, 0.2) is 54.2 Å². The standard InChI is InChI=1S/C17H15N3O2S/c1-2-22-15-8-4-3-7-13(15)14-11-23-17(19-14)20-16(21)12-6-5-9-18-10-12/h3-11H,2H2,1H3,(H,19,20,21). The molecule has 0 spiro atoms. The highest BCUT2D eigenvalue weighted by atomic mass is 32.1. The van der Waals surface area contributed by atoms with Gasteiger partial charge in [0.1, 0.15) is 5.75 Å². The summed E-state index contributed by atoms with van der Waals surface area (Å²) in [5.41, 5.74) is 2.19. The van der Waals surface area contributed by atoms with Gasteiger partial charge >= 0.3 is 0 Å². The van der Waals surface area contributed by atoms with Crippen LogP contribution in [0.25, 0.3) is 11.3 Å². The first-order valence-electron chi connectivity index (χ1n) is 7.17. The lowest BCUT2D eigenvalue weighted by molar-refractivity contribution is 0.102. The zero-order chi connectivity index (χ0) is 16.1. The van der Waals surface area contributed by atoms with Crippen molar-refractivity contribution in [3.8, 4) is 17.0 Å². The van der Waals surface area contributed by atoms with Crippen molar-refractivity contribution < 1.29 is 9.53 Å². The summed E-state index contributed by atoms with van der Waals surface area (Å²) in [7, 11) is 0. The van der Waals surface area contributed by atoms with E-state index in [1.165, 1.54) is 17.5 Å². The lowest BCUT2D eigenvalue weighted by Gasteiger charge is -2.07. The number of anilines is 1. The predicted octanol–water partition coefficient (Wildman–Crippen LogP) is 3.86.